The van der Waals surface area contributed by atoms with Gasteiger partial charge in [0.15, 0.2) is 5.96 Å². The minimum atomic E-state index is 0. The van der Waals surface area contributed by atoms with E-state index >= 15 is 0 Å². The van der Waals surface area contributed by atoms with Gasteiger partial charge in [-0.3, -0.25) is 0 Å². The van der Waals surface area contributed by atoms with Gasteiger partial charge in [-0.25, -0.2) is 4.99 Å². The van der Waals surface area contributed by atoms with Crippen LogP contribution in [0.25, 0.3) is 0 Å². The topological polar surface area (TPSA) is 54.9 Å². The number of benzene rings is 2. The second kappa shape index (κ2) is 12.4. The van der Waals surface area contributed by atoms with Gasteiger partial charge in [-0.2, -0.15) is 0 Å². The molecule has 0 amide bonds. The summed E-state index contributed by atoms with van der Waals surface area (Å²) in [5.74, 6) is 2.52. The highest BCUT2D eigenvalue weighted by molar-refractivity contribution is 14.0. The van der Waals surface area contributed by atoms with Crippen LogP contribution in [0.5, 0.6) is 11.5 Å². The van der Waals surface area contributed by atoms with Crippen molar-refractivity contribution in [3.8, 4) is 11.5 Å². The number of nitrogens with one attached hydrogen (secondary N) is 2. The lowest BCUT2D eigenvalue weighted by Crippen LogP contribution is -2.36. The molecule has 2 aromatic rings. The summed E-state index contributed by atoms with van der Waals surface area (Å²) < 4.78 is 10.9. The van der Waals surface area contributed by atoms with Crippen LogP contribution in [-0.4, -0.2) is 26.2 Å². The number of halogens is 1. The zero-order valence-electron chi connectivity index (χ0n) is 15.6. The van der Waals surface area contributed by atoms with Crippen molar-refractivity contribution in [1.29, 1.82) is 0 Å². The number of nitrogens with zero attached hydrogens (tertiary/aromatic N) is 1. The largest absolute Gasteiger partial charge is 0.496 e. The molecule has 2 aromatic carbocycles. The first-order valence-electron chi connectivity index (χ1n) is 8.62. The molecule has 2 rings (SSSR count). The Morgan fingerprint density at radius 3 is 2.58 bits per heavy atom. The molecule has 0 bridgehead atoms. The van der Waals surface area contributed by atoms with Crippen LogP contribution in [0.1, 0.15) is 25.0 Å². The lowest BCUT2D eigenvalue weighted by Gasteiger charge is -2.13. The Labute approximate surface area is 173 Å². The zero-order valence-corrected chi connectivity index (χ0v) is 17.9. The van der Waals surface area contributed by atoms with E-state index in [1.54, 1.807) is 7.11 Å². The van der Waals surface area contributed by atoms with Crippen molar-refractivity contribution in [1.82, 2.24) is 10.6 Å². The Morgan fingerprint density at radius 1 is 1.04 bits per heavy atom. The number of rotatable bonds is 8. The van der Waals surface area contributed by atoms with Crippen molar-refractivity contribution in [2.24, 2.45) is 4.99 Å². The molecule has 0 aliphatic rings. The summed E-state index contributed by atoms with van der Waals surface area (Å²) in [5.41, 5.74) is 2.20. The van der Waals surface area contributed by atoms with Crippen LogP contribution in [0.4, 0.5) is 0 Å². The summed E-state index contributed by atoms with van der Waals surface area (Å²) in [7, 11) is 1.68. The van der Waals surface area contributed by atoms with Gasteiger partial charge < -0.3 is 20.1 Å². The van der Waals surface area contributed by atoms with Crippen LogP contribution in [0.15, 0.2) is 53.5 Å². The van der Waals surface area contributed by atoms with E-state index < -0.39 is 0 Å². The van der Waals surface area contributed by atoms with Gasteiger partial charge in [-0.15, -0.1) is 24.0 Å². The van der Waals surface area contributed by atoms with Gasteiger partial charge >= 0.3 is 0 Å². The molecule has 0 aromatic heterocycles. The average molecular weight is 469 g/mol. The fourth-order valence-corrected chi connectivity index (χ4v) is 2.44. The Balaban J connectivity index is 0.00000338. The number of guanidine groups is 1. The highest BCUT2D eigenvalue weighted by Crippen LogP contribution is 2.17. The van der Waals surface area contributed by atoms with Gasteiger partial charge in [0.05, 0.1) is 20.3 Å². The van der Waals surface area contributed by atoms with Crippen molar-refractivity contribution < 1.29 is 9.47 Å². The molecular formula is C20H28IN3O2. The predicted octanol–water partition coefficient (Wildman–Crippen LogP) is 3.97. The van der Waals surface area contributed by atoms with Crippen LogP contribution < -0.4 is 20.1 Å². The quantitative estimate of drug-likeness (QED) is 0.349. The molecule has 26 heavy (non-hydrogen) atoms. The lowest BCUT2D eigenvalue weighted by molar-refractivity contribution is 0.340. The van der Waals surface area contributed by atoms with Gasteiger partial charge in [-0.05, 0) is 37.6 Å². The minimum Gasteiger partial charge on any atom is -0.496 e. The monoisotopic (exact) mass is 469 g/mol. The van der Waals surface area contributed by atoms with Gasteiger partial charge in [0.1, 0.15) is 11.5 Å². The number of para-hydroxylation sites is 1. The SMILES string of the molecule is CCNC(=NCc1cccc(OCC)c1)NCc1ccccc1OC.I. The van der Waals surface area contributed by atoms with E-state index in [-0.39, 0.29) is 24.0 Å². The summed E-state index contributed by atoms with van der Waals surface area (Å²) in [6.45, 7) is 6.73. The molecule has 0 radical (unpaired) electrons. The van der Waals surface area contributed by atoms with E-state index in [2.05, 4.69) is 28.6 Å². The molecule has 5 nitrogen and oxygen atoms in total. The molecule has 0 unspecified atom stereocenters. The average Bonchev–Trinajstić information content (AvgIpc) is 2.65. The molecule has 0 aliphatic heterocycles. The Hall–Kier alpha value is -1.96. The molecule has 0 saturated carbocycles. The molecule has 0 heterocycles. The zero-order chi connectivity index (χ0) is 17.9. The van der Waals surface area contributed by atoms with E-state index in [0.29, 0.717) is 19.7 Å². The lowest BCUT2D eigenvalue weighted by atomic mass is 10.2. The standard InChI is InChI=1S/C20H27N3O2.HI/c1-4-21-20(23-15-17-10-6-7-12-19(17)24-3)22-14-16-9-8-11-18(13-16)25-5-2;/h6-13H,4-5,14-15H2,1-3H3,(H2,21,22,23);1H. The van der Waals surface area contributed by atoms with E-state index in [1.807, 2.05) is 49.4 Å². The van der Waals surface area contributed by atoms with Gasteiger partial charge in [-0.1, -0.05) is 30.3 Å². The fraction of sp³-hybridized carbons (Fsp3) is 0.350. The molecule has 0 atom stereocenters. The van der Waals surface area contributed by atoms with Gasteiger partial charge in [0.25, 0.3) is 0 Å². The van der Waals surface area contributed by atoms with Crippen LogP contribution in [0, 0.1) is 0 Å². The third-order valence-corrected chi connectivity index (χ3v) is 3.61. The maximum atomic E-state index is 5.54. The predicted molar refractivity (Wildman–Crippen MR) is 118 cm³/mol. The van der Waals surface area contributed by atoms with Crippen LogP contribution in [0.3, 0.4) is 0 Å². The van der Waals surface area contributed by atoms with E-state index in [1.165, 1.54) is 0 Å². The molecule has 142 valence electrons. The first kappa shape index (κ1) is 22.1. The van der Waals surface area contributed by atoms with Crippen LogP contribution >= 0.6 is 24.0 Å². The maximum absolute atomic E-state index is 5.54. The molecule has 0 aliphatic carbocycles. The molecule has 6 heteroatoms. The number of hydrogen-bond acceptors (Lipinski definition) is 3. The number of hydrogen-bond donors (Lipinski definition) is 2. The third-order valence-electron chi connectivity index (χ3n) is 3.61. The Bertz CT molecular complexity index is 692. The van der Waals surface area contributed by atoms with Crippen molar-refractivity contribution in [2.75, 3.05) is 20.3 Å². The molecule has 0 saturated heterocycles. The molecule has 0 fully saturated rings. The van der Waals surface area contributed by atoms with E-state index in [9.17, 15) is 0 Å². The first-order valence-corrected chi connectivity index (χ1v) is 8.62. The number of aliphatic imine (C=N–C) groups is 1. The highest BCUT2D eigenvalue weighted by atomic mass is 127. The first-order chi connectivity index (χ1) is 12.3. The second-order valence-corrected chi connectivity index (χ2v) is 5.44. The van der Waals surface area contributed by atoms with Gasteiger partial charge in [0.2, 0.25) is 0 Å². The van der Waals surface area contributed by atoms with Crippen molar-refractivity contribution >= 4 is 29.9 Å². The summed E-state index contributed by atoms with van der Waals surface area (Å²) in [5, 5.41) is 6.62. The third kappa shape index (κ3) is 7.11. The van der Waals surface area contributed by atoms with E-state index in [4.69, 9.17) is 9.47 Å². The smallest absolute Gasteiger partial charge is 0.191 e. The van der Waals surface area contributed by atoms with Crippen molar-refractivity contribution in [3.63, 3.8) is 0 Å². The number of methoxy groups -OCH3 is 1. The number of ether oxygens (including phenoxy) is 2. The normalized spacial score (nSPS) is 10.7. The van der Waals surface area contributed by atoms with Crippen LogP contribution in [0.2, 0.25) is 0 Å². The van der Waals surface area contributed by atoms with Crippen molar-refractivity contribution in [2.45, 2.75) is 26.9 Å². The summed E-state index contributed by atoms with van der Waals surface area (Å²) in [6.07, 6.45) is 0. The minimum absolute atomic E-state index is 0. The Kier molecular flexibility index (Phi) is 10.5. The molecule has 0 spiro atoms. The fourth-order valence-electron chi connectivity index (χ4n) is 2.44. The van der Waals surface area contributed by atoms with E-state index in [0.717, 1.165) is 35.1 Å². The molecular weight excluding hydrogens is 441 g/mol. The second-order valence-electron chi connectivity index (χ2n) is 5.44. The highest BCUT2D eigenvalue weighted by Gasteiger charge is 2.03. The van der Waals surface area contributed by atoms with Gasteiger partial charge in [0, 0.05) is 18.7 Å². The summed E-state index contributed by atoms with van der Waals surface area (Å²) in [6, 6.07) is 16.0. The Morgan fingerprint density at radius 2 is 1.85 bits per heavy atom. The molecule has 2 N–H and O–H groups in total. The van der Waals surface area contributed by atoms with Crippen molar-refractivity contribution in [3.05, 3.63) is 59.7 Å². The summed E-state index contributed by atoms with van der Waals surface area (Å²) >= 11 is 0. The maximum Gasteiger partial charge on any atom is 0.191 e. The van der Waals surface area contributed by atoms with Crippen LogP contribution in [-0.2, 0) is 13.1 Å². The summed E-state index contributed by atoms with van der Waals surface area (Å²) in [4.78, 5) is 4.65.